The third-order valence-corrected chi connectivity index (χ3v) is 4.80. The van der Waals surface area contributed by atoms with E-state index in [1.807, 2.05) is 0 Å². The number of aromatic amines is 1. The fourth-order valence-electron chi connectivity index (χ4n) is 3.33. The summed E-state index contributed by atoms with van der Waals surface area (Å²) in [6.45, 7) is 8.39. The minimum Gasteiger partial charge on any atom is -0.377 e. The molecule has 5 nitrogen and oxygen atoms in total. The molecule has 148 valence electrons. The van der Waals surface area contributed by atoms with Crippen LogP contribution < -0.4 is 10.6 Å². The van der Waals surface area contributed by atoms with Gasteiger partial charge in [-0.25, -0.2) is 0 Å². The highest BCUT2D eigenvalue weighted by atomic mass is 127. The molecule has 1 aromatic carbocycles. The van der Waals surface area contributed by atoms with Gasteiger partial charge in [-0.05, 0) is 44.2 Å². The van der Waals surface area contributed by atoms with Gasteiger partial charge in [0, 0.05) is 36.7 Å². The molecule has 1 aromatic heterocycles. The lowest BCUT2D eigenvalue weighted by Gasteiger charge is -2.15. The number of para-hydroxylation sites is 1. The summed E-state index contributed by atoms with van der Waals surface area (Å²) < 4.78 is 5.36. The van der Waals surface area contributed by atoms with Crippen molar-refractivity contribution in [3.63, 3.8) is 0 Å². The van der Waals surface area contributed by atoms with Gasteiger partial charge in [-0.15, -0.1) is 24.0 Å². The number of halogens is 1. The van der Waals surface area contributed by atoms with Crippen LogP contribution in [0.1, 0.15) is 30.9 Å². The summed E-state index contributed by atoms with van der Waals surface area (Å²) in [4.78, 5) is 8.13. The number of hydrogen-bond acceptors (Lipinski definition) is 2. The van der Waals surface area contributed by atoms with Gasteiger partial charge in [-0.2, -0.15) is 0 Å². The van der Waals surface area contributed by atoms with Gasteiger partial charge in [-0.3, -0.25) is 4.99 Å². The molecular formula is C21H31IN4O. The van der Waals surface area contributed by atoms with Crippen molar-refractivity contribution in [2.75, 3.05) is 32.8 Å². The van der Waals surface area contributed by atoms with Crippen molar-refractivity contribution >= 4 is 40.8 Å². The van der Waals surface area contributed by atoms with Gasteiger partial charge < -0.3 is 20.4 Å². The maximum atomic E-state index is 5.36. The number of nitrogens with one attached hydrogen (secondary N) is 3. The van der Waals surface area contributed by atoms with E-state index in [9.17, 15) is 0 Å². The van der Waals surface area contributed by atoms with Crippen LogP contribution in [-0.2, 0) is 11.2 Å². The van der Waals surface area contributed by atoms with Crippen LogP contribution in [0.3, 0.4) is 0 Å². The largest absolute Gasteiger partial charge is 0.377 e. The standard InChI is InChI=1S/C21H30N4O.HI/c1-3-22-21(23-11-7-17-9-13-26-14-10-17)24-12-8-18-15-25-20-16(2)5-4-6-19(18)20;/h4-6,9,15,25H,3,7-8,10-14H2,1-2H3,(H2,22,23,24);1H. The fourth-order valence-corrected chi connectivity index (χ4v) is 3.33. The van der Waals surface area contributed by atoms with E-state index in [1.54, 1.807) is 0 Å². The Kier molecular flexibility index (Phi) is 9.14. The predicted octanol–water partition coefficient (Wildman–Crippen LogP) is 3.93. The second-order valence-corrected chi connectivity index (χ2v) is 6.69. The number of H-pyrrole nitrogens is 1. The molecule has 6 heteroatoms. The Morgan fingerprint density at radius 2 is 2.15 bits per heavy atom. The molecule has 0 aliphatic carbocycles. The van der Waals surface area contributed by atoms with Gasteiger partial charge in [-0.1, -0.05) is 29.8 Å². The Bertz CT molecular complexity index is 782. The Labute approximate surface area is 179 Å². The van der Waals surface area contributed by atoms with Crippen molar-refractivity contribution in [2.45, 2.75) is 33.1 Å². The predicted molar refractivity (Wildman–Crippen MR) is 124 cm³/mol. The summed E-state index contributed by atoms with van der Waals surface area (Å²) in [5, 5.41) is 8.09. The topological polar surface area (TPSA) is 61.4 Å². The Morgan fingerprint density at radius 3 is 2.93 bits per heavy atom. The number of hydrogen-bond donors (Lipinski definition) is 3. The molecule has 0 saturated heterocycles. The van der Waals surface area contributed by atoms with Crippen molar-refractivity contribution in [3.05, 3.63) is 47.2 Å². The summed E-state index contributed by atoms with van der Waals surface area (Å²) >= 11 is 0. The van der Waals surface area contributed by atoms with Crippen LogP contribution in [0.25, 0.3) is 10.9 Å². The lowest BCUT2D eigenvalue weighted by atomic mass is 10.1. The van der Waals surface area contributed by atoms with E-state index in [0.29, 0.717) is 0 Å². The van der Waals surface area contributed by atoms with E-state index in [0.717, 1.165) is 58.1 Å². The second-order valence-electron chi connectivity index (χ2n) is 6.69. The van der Waals surface area contributed by atoms with Crippen molar-refractivity contribution in [1.29, 1.82) is 0 Å². The van der Waals surface area contributed by atoms with Crippen LogP contribution >= 0.6 is 24.0 Å². The Balaban J connectivity index is 0.00000261. The molecule has 0 bridgehead atoms. The third-order valence-electron chi connectivity index (χ3n) is 4.80. The van der Waals surface area contributed by atoms with Crippen molar-refractivity contribution in [1.82, 2.24) is 15.6 Å². The van der Waals surface area contributed by atoms with Gasteiger partial charge in [0.2, 0.25) is 0 Å². The van der Waals surface area contributed by atoms with Crippen LogP contribution in [0.4, 0.5) is 0 Å². The molecular weight excluding hydrogens is 451 g/mol. The molecule has 27 heavy (non-hydrogen) atoms. The fraction of sp³-hybridized carbons (Fsp3) is 0.476. The maximum Gasteiger partial charge on any atom is 0.191 e. The van der Waals surface area contributed by atoms with E-state index in [-0.39, 0.29) is 24.0 Å². The molecule has 3 N–H and O–H groups in total. The highest BCUT2D eigenvalue weighted by Crippen LogP contribution is 2.21. The number of ether oxygens (including phenoxy) is 1. The van der Waals surface area contributed by atoms with E-state index in [4.69, 9.17) is 9.73 Å². The van der Waals surface area contributed by atoms with Crippen LogP contribution in [0.2, 0.25) is 0 Å². The molecule has 3 rings (SSSR count). The molecule has 2 aromatic rings. The van der Waals surface area contributed by atoms with E-state index in [2.05, 4.69) is 59.9 Å². The highest BCUT2D eigenvalue weighted by molar-refractivity contribution is 14.0. The van der Waals surface area contributed by atoms with Crippen LogP contribution in [0.15, 0.2) is 41.0 Å². The number of guanidine groups is 1. The highest BCUT2D eigenvalue weighted by Gasteiger charge is 2.06. The smallest absolute Gasteiger partial charge is 0.191 e. The molecule has 0 saturated carbocycles. The van der Waals surface area contributed by atoms with Gasteiger partial charge >= 0.3 is 0 Å². The minimum absolute atomic E-state index is 0. The lowest BCUT2D eigenvalue weighted by Crippen LogP contribution is -2.38. The summed E-state index contributed by atoms with van der Waals surface area (Å²) in [6.07, 6.45) is 7.35. The summed E-state index contributed by atoms with van der Waals surface area (Å²) in [6, 6.07) is 6.44. The molecule has 1 aliphatic heterocycles. The number of fused-ring (bicyclic) bond motifs is 1. The first-order valence-corrected chi connectivity index (χ1v) is 9.61. The minimum atomic E-state index is 0. The molecule has 0 spiro atoms. The number of nitrogens with zero attached hydrogens (tertiary/aromatic N) is 1. The molecule has 0 amide bonds. The third kappa shape index (κ3) is 6.24. The molecule has 2 heterocycles. The van der Waals surface area contributed by atoms with Crippen molar-refractivity contribution in [3.8, 4) is 0 Å². The summed E-state index contributed by atoms with van der Waals surface area (Å²) in [5.74, 6) is 0.899. The number of aryl methyl sites for hydroxylation is 1. The van der Waals surface area contributed by atoms with Gasteiger partial charge in [0.05, 0.1) is 13.2 Å². The number of benzene rings is 1. The van der Waals surface area contributed by atoms with Gasteiger partial charge in [0.15, 0.2) is 5.96 Å². The number of aromatic nitrogens is 1. The first kappa shape index (κ1) is 21.8. The summed E-state index contributed by atoms with van der Waals surface area (Å²) in [7, 11) is 0. The Morgan fingerprint density at radius 1 is 1.26 bits per heavy atom. The lowest BCUT2D eigenvalue weighted by molar-refractivity contribution is 0.153. The van der Waals surface area contributed by atoms with Gasteiger partial charge in [0.1, 0.15) is 0 Å². The normalized spacial score (nSPS) is 14.6. The zero-order valence-corrected chi connectivity index (χ0v) is 18.6. The zero-order chi connectivity index (χ0) is 18.2. The van der Waals surface area contributed by atoms with E-state index in [1.165, 1.54) is 27.6 Å². The number of aliphatic imine (C=N–C) groups is 1. The van der Waals surface area contributed by atoms with E-state index >= 15 is 0 Å². The first-order chi connectivity index (χ1) is 12.8. The summed E-state index contributed by atoms with van der Waals surface area (Å²) in [5.41, 5.74) is 5.33. The molecule has 0 radical (unpaired) electrons. The van der Waals surface area contributed by atoms with Crippen LogP contribution in [-0.4, -0.2) is 43.8 Å². The van der Waals surface area contributed by atoms with Gasteiger partial charge in [0.25, 0.3) is 0 Å². The van der Waals surface area contributed by atoms with Crippen LogP contribution in [0, 0.1) is 6.92 Å². The van der Waals surface area contributed by atoms with Crippen molar-refractivity contribution in [2.24, 2.45) is 4.99 Å². The monoisotopic (exact) mass is 482 g/mol. The SMILES string of the molecule is CCNC(=NCCc1c[nH]c2c(C)cccc12)NCCC1=CCOCC1.I. The average molecular weight is 482 g/mol. The zero-order valence-electron chi connectivity index (χ0n) is 16.3. The van der Waals surface area contributed by atoms with Crippen LogP contribution in [0.5, 0.6) is 0 Å². The Hall–Kier alpha value is -1.54. The average Bonchev–Trinajstić information content (AvgIpc) is 3.07. The van der Waals surface area contributed by atoms with Crippen molar-refractivity contribution < 1.29 is 4.74 Å². The molecule has 1 aliphatic rings. The second kappa shape index (κ2) is 11.3. The number of rotatable bonds is 7. The molecule has 0 atom stereocenters. The quantitative estimate of drug-likeness (QED) is 0.243. The molecule has 0 fully saturated rings. The first-order valence-electron chi connectivity index (χ1n) is 9.61. The van der Waals surface area contributed by atoms with E-state index < -0.39 is 0 Å². The maximum absolute atomic E-state index is 5.36. The molecule has 0 unspecified atom stereocenters.